The van der Waals surface area contributed by atoms with Crippen molar-refractivity contribution in [2.45, 2.75) is 26.4 Å². The minimum Gasteiger partial charge on any atom is -0.380 e. The fourth-order valence-corrected chi connectivity index (χ4v) is 2.98. The minimum absolute atomic E-state index is 0.0266. The van der Waals surface area contributed by atoms with Crippen molar-refractivity contribution in [3.8, 4) is 0 Å². The largest absolute Gasteiger partial charge is 0.380 e. The summed E-state index contributed by atoms with van der Waals surface area (Å²) in [5.41, 5.74) is 0.187. The van der Waals surface area contributed by atoms with Crippen LogP contribution in [0.1, 0.15) is 13.8 Å². The molecule has 0 aliphatic heterocycles. The summed E-state index contributed by atoms with van der Waals surface area (Å²) in [7, 11) is 0. The predicted octanol–water partition coefficient (Wildman–Crippen LogP) is 1.94. The number of rotatable bonds is 7. The molecule has 0 saturated heterocycles. The monoisotopic (exact) mass is 380 g/mol. The Bertz CT molecular complexity index is 1070. The van der Waals surface area contributed by atoms with Gasteiger partial charge in [0.05, 0.1) is 10.8 Å². The van der Waals surface area contributed by atoms with Gasteiger partial charge in [0.2, 0.25) is 5.91 Å². The predicted molar refractivity (Wildman–Crippen MR) is 111 cm³/mol. The first kappa shape index (κ1) is 19.4. The lowest BCUT2D eigenvalue weighted by Crippen LogP contribution is -2.42. The summed E-state index contributed by atoms with van der Waals surface area (Å²) in [6, 6.07) is 16.4. The zero-order valence-corrected chi connectivity index (χ0v) is 15.9. The van der Waals surface area contributed by atoms with Crippen LogP contribution in [-0.2, 0) is 11.3 Å². The lowest BCUT2D eigenvalue weighted by molar-refractivity contribution is -0.122. The zero-order valence-electron chi connectivity index (χ0n) is 15.9. The van der Waals surface area contributed by atoms with Crippen molar-refractivity contribution in [2.75, 3.05) is 11.9 Å². The molecule has 3 rings (SSSR count). The third-order valence-electron chi connectivity index (χ3n) is 4.64. The number of para-hydroxylation sites is 1. The van der Waals surface area contributed by atoms with Crippen molar-refractivity contribution >= 4 is 22.4 Å². The van der Waals surface area contributed by atoms with Gasteiger partial charge in [0.1, 0.15) is 6.54 Å². The standard InChI is InChI=1S/C21H24N4O3/c1-14(2)18(23-15-8-4-3-5-9-15)12-22-19(26)13-25-21(28)17-11-7-6-10-16(17)20(27)24-25/h3-11,14,18,23H,12-13H2,1-2H3,(H,22,26)(H,24,27). The molecule has 0 saturated carbocycles. The molecule has 7 heteroatoms. The van der Waals surface area contributed by atoms with Gasteiger partial charge in [0.25, 0.3) is 11.1 Å². The van der Waals surface area contributed by atoms with Crippen LogP contribution >= 0.6 is 0 Å². The highest BCUT2D eigenvalue weighted by atomic mass is 16.2. The lowest BCUT2D eigenvalue weighted by Gasteiger charge is -2.24. The summed E-state index contributed by atoms with van der Waals surface area (Å²) in [4.78, 5) is 37.0. The van der Waals surface area contributed by atoms with Crippen LogP contribution < -0.4 is 21.8 Å². The molecule has 1 heterocycles. The van der Waals surface area contributed by atoms with E-state index in [1.54, 1.807) is 24.3 Å². The summed E-state index contributed by atoms with van der Waals surface area (Å²) in [6.07, 6.45) is 0. The maximum Gasteiger partial charge on any atom is 0.273 e. The maximum absolute atomic E-state index is 12.5. The third kappa shape index (κ3) is 4.49. The average Bonchev–Trinajstić information content (AvgIpc) is 2.69. The number of carbonyl (C=O) groups excluding carboxylic acids is 1. The molecular weight excluding hydrogens is 356 g/mol. The van der Waals surface area contributed by atoms with Crippen molar-refractivity contribution in [1.29, 1.82) is 0 Å². The van der Waals surface area contributed by atoms with Crippen molar-refractivity contribution in [3.05, 3.63) is 75.3 Å². The SMILES string of the molecule is CC(C)C(CNC(=O)Cn1[nH]c(=O)c2ccccc2c1=O)Nc1ccccc1. The summed E-state index contributed by atoms with van der Waals surface area (Å²) in [5, 5.41) is 9.33. The number of aromatic amines is 1. The molecular formula is C21H24N4O3. The van der Waals surface area contributed by atoms with E-state index in [2.05, 4.69) is 29.6 Å². The van der Waals surface area contributed by atoms with Gasteiger partial charge in [-0.05, 0) is 30.2 Å². The molecule has 1 aromatic heterocycles. The molecule has 1 amide bonds. The molecule has 2 aromatic carbocycles. The first-order chi connectivity index (χ1) is 13.5. The number of nitrogens with one attached hydrogen (secondary N) is 3. The van der Waals surface area contributed by atoms with Gasteiger partial charge in [-0.25, -0.2) is 4.68 Å². The summed E-state index contributed by atoms with van der Waals surface area (Å²) in [5.74, 6) is -0.0581. The zero-order chi connectivity index (χ0) is 20.1. The van der Waals surface area contributed by atoms with Gasteiger partial charge in [0.15, 0.2) is 0 Å². The molecule has 1 atom stereocenters. The fourth-order valence-electron chi connectivity index (χ4n) is 2.98. The topological polar surface area (TPSA) is 96.0 Å². The van der Waals surface area contributed by atoms with Gasteiger partial charge < -0.3 is 10.6 Å². The van der Waals surface area contributed by atoms with Crippen LogP contribution in [0.15, 0.2) is 64.2 Å². The lowest BCUT2D eigenvalue weighted by atomic mass is 10.0. The van der Waals surface area contributed by atoms with Gasteiger partial charge in [-0.3, -0.25) is 19.5 Å². The number of carbonyl (C=O) groups is 1. The second-order valence-corrected chi connectivity index (χ2v) is 7.04. The first-order valence-electron chi connectivity index (χ1n) is 9.26. The summed E-state index contributed by atoms with van der Waals surface area (Å²) < 4.78 is 1.05. The molecule has 28 heavy (non-hydrogen) atoms. The second kappa shape index (κ2) is 8.56. The van der Waals surface area contributed by atoms with E-state index in [4.69, 9.17) is 0 Å². The maximum atomic E-state index is 12.5. The average molecular weight is 380 g/mol. The number of hydrogen-bond acceptors (Lipinski definition) is 4. The number of fused-ring (bicyclic) bond motifs is 1. The fraction of sp³-hybridized carbons (Fsp3) is 0.286. The van der Waals surface area contributed by atoms with Crippen molar-refractivity contribution in [2.24, 2.45) is 5.92 Å². The van der Waals surface area contributed by atoms with Crippen LogP contribution in [-0.4, -0.2) is 28.3 Å². The number of aromatic nitrogens is 2. The van der Waals surface area contributed by atoms with Crippen molar-refractivity contribution in [3.63, 3.8) is 0 Å². The van der Waals surface area contributed by atoms with Gasteiger partial charge in [-0.1, -0.05) is 44.2 Å². The smallest absolute Gasteiger partial charge is 0.273 e. The van der Waals surface area contributed by atoms with Crippen LogP contribution in [0, 0.1) is 5.92 Å². The van der Waals surface area contributed by atoms with Gasteiger partial charge in [-0.15, -0.1) is 0 Å². The van der Waals surface area contributed by atoms with Gasteiger partial charge >= 0.3 is 0 Å². The highest BCUT2D eigenvalue weighted by Gasteiger charge is 2.15. The van der Waals surface area contributed by atoms with Crippen LogP contribution in [0.3, 0.4) is 0 Å². The van der Waals surface area contributed by atoms with Gasteiger partial charge in [-0.2, -0.15) is 0 Å². The normalized spacial score (nSPS) is 12.1. The Kier molecular flexibility index (Phi) is 5.93. The molecule has 1 unspecified atom stereocenters. The van der Waals surface area contributed by atoms with Gasteiger partial charge in [0, 0.05) is 18.3 Å². The molecule has 0 aliphatic carbocycles. The summed E-state index contributed by atoms with van der Waals surface area (Å²) >= 11 is 0. The molecule has 0 bridgehead atoms. The molecule has 0 radical (unpaired) electrons. The van der Waals surface area contributed by atoms with E-state index in [-0.39, 0.29) is 24.4 Å². The second-order valence-electron chi connectivity index (χ2n) is 7.04. The molecule has 0 aliphatic rings. The van der Waals surface area contributed by atoms with E-state index >= 15 is 0 Å². The van der Waals surface area contributed by atoms with Crippen molar-refractivity contribution < 1.29 is 4.79 Å². The highest BCUT2D eigenvalue weighted by molar-refractivity contribution is 5.81. The number of hydrogen-bond donors (Lipinski definition) is 3. The highest BCUT2D eigenvalue weighted by Crippen LogP contribution is 2.11. The molecule has 0 fully saturated rings. The Labute approximate surface area is 162 Å². The Morgan fingerprint density at radius 3 is 2.32 bits per heavy atom. The number of benzene rings is 2. The Morgan fingerprint density at radius 2 is 1.64 bits per heavy atom. The number of nitrogens with zero attached hydrogens (tertiary/aromatic N) is 1. The third-order valence-corrected chi connectivity index (χ3v) is 4.64. The van der Waals surface area contributed by atoms with Crippen LogP contribution in [0.25, 0.3) is 10.8 Å². The van der Waals surface area contributed by atoms with E-state index in [9.17, 15) is 14.4 Å². The molecule has 146 valence electrons. The first-order valence-corrected chi connectivity index (χ1v) is 9.26. The van der Waals surface area contributed by atoms with E-state index in [0.717, 1.165) is 10.4 Å². The molecule has 3 aromatic rings. The van der Waals surface area contributed by atoms with Crippen LogP contribution in [0.5, 0.6) is 0 Å². The Balaban J connectivity index is 1.68. The molecule has 0 spiro atoms. The minimum atomic E-state index is -0.395. The van der Waals surface area contributed by atoms with E-state index < -0.39 is 11.1 Å². The molecule has 3 N–H and O–H groups in total. The van der Waals surface area contributed by atoms with Crippen LogP contribution in [0.2, 0.25) is 0 Å². The summed E-state index contributed by atoms with van der Waals surface area (Å²) in [6.45, 7) is 4.29. The number of anilines is 1. The van der Waals surface area contributed by atoms with Crippen LogP contribution in [0.4, 0.5) is 5.69 Å². The van der Waals surface area contributed by atoms with Crippen molar-refractivity contribution in [1.82, 2.24) is 15.1 Å². The Morgan fingerprint density at radius 1 is 1.00 bits per heavy atom. The van der Waals surface area contributed by atoms with E-state index in [0.29, 0.717) is 17.3 Å². The molecule has 7 nitrogen and oxygen atoms in total. The Hall–Kier alpha value is -3.35. The quantitative estimate of drug-likeness (QED) is 0.584. The number of H-pyrrole nitrogens is 1. The van der Waals surface area contributed by atoms with E-state index in [1.807, 2.05) is 30.3 Å². The van der Waals surface area contributed by atoms with E-state index in [1.165, 1.54) is 0 Å². The number of amides is 1.